The van der Waals surface area contributed by atoms with E-state index in [9.17, 15) is 5.26 Å². The standard InChI is InChI=1S/C27H20ClNO2/c1-30-27-15-19(10-13-26(27)31-18-23-8-4-5-9-25(23)28)14-24(17-29)22-12-11-20-6-2-3-7-21(20)16-22/h2-16H,18H2,1H3/b24-14-. The maximum Gasteiger partial charge on any atom is 0.161 e. The molecule has 0 aromatic heterocycles. The van der Waals surface area contributed by atoms with Crippen LogP contribution in [0.5, 0.6) is 11.5 Å². The summed E-state index contributed by atoms with van der Waals surface area (Å²) in [6, 6.07) is 29.6. The van der Waals surface area contributed by atoms with Gasteiger partial charge < -0.3 is 9.47 Å². The Labute approximate surface area is 186 Å². The lowest BCUT2D eigenvalue weighted by Crippen LogP contribution is -1.98. The molecule has 0 aliphatic rings. The topological polar surface area (TPSA) is 42.2 Å². The fourth-order valence-electron chi connectivity index (χ4n) is 3.37. The number of benzene rings is 4. The zero-order valence-corrected chi connectivity index (χ0v) is 17.8. The Morgan fingerprint density at radius 3 is 2.45 bits per heavy atom. The van der Waals surface area contributed by atoms with Crippen molar-refractivity contribution >= 4 is 34.0 Å². The van der Waals surface area contributed by atoms with Gasteiger partial charge in [0, 0.05) is 10.6 Å². The number of allylic oxidation sites excluding steroid dienone is 1. The Kier molecular flexibility index (Phi) is 6.21. The van der Waals surface area contributed by atoms with Gasteiger partial charge in [-0.05, 0) is 52.2 Å². The van der Waals surface area contributed by atoms with Crippen molar-refractivity contribution in [2.24, 2.45) is 0 Å². The van der Waals surface area contributed by atoms with Crippen LogP contribution in [-0.4, -0.2) is 7.11 Å². The molecule has 0 N–H and O–H groups in total. The van der Waals surface area contributed by atoms with E-state index < -0.39 is 0 Å². The highest BCUT2D eigenvalue weighted by Crippen LogP contribution is 2.31. The van der Waals surface area contributed by atoms with Crippen LogP contribution in [0, 0.1) is 11.3 Å². The maximum atomic E-state index is 9.74. The molecule has 0 saturated heterocycles. The van der Waals surface area contributed by atoms with E-state index in [4.69, 9.17) is 21.1 Å². The molecule has 4 aromatic carbocycles. The highest BCUT2D eigenvalue weighted by Gasteiger charge is 2.09. The summed E-state index contributed by atoms with van der Waals surface area (Å²) in [6.07, 6.45) is 1.85. The van der Waals surface area contributed by atoms with Crippen molar-refractivity contribution in [3.8, 4) is 17.6 Å². The predicted octanol–water partition coefficient (Wildman–Crippen LogP) is 7.14. The second-order valence-corrected chi connectivity index (χ2v) is 7.43. The number of nitriles is 1. The van der Waals surface area contributed by atoms with E-state index in [1.54, 1.807) is 7.11 Å². The Balaban J connectivity index is 1.60. The second-order valence-electron chi connectivity index (χ2n) is 7.02. The van der Waals surface area contributed by atoms with E-state index >= 15 is 0 Å². The molecule has 0 radical (unpaired) electrons. The van der Waals surface area contributed by atoms with Crippen LogP contribution in [0.15, 0.2) is 84.9 Å². The van der Waals surface area contributed by atoms with Crippen molar-refractivity contribution in [1.29, 1.82) is 5.26 Å². The lowest BCUT2D eigenvalue weighted by atomic mass is 10.00. The number of nitrogens with zero attached hydrogens (tertiary/aromatic N) is 1. The maximum absolute atomic E-state index is 9.74. The third-order valence-electron chi connectivity index (χ3n) is 5.02. The van der Waals surface area contributed by atoms with E-state index in [1.165, 1.54) is 0 Å². The van der Waals surface area contributed by atoms with E-state index in [0.717, 1.165) is 27.5 Å². The third kappa shape index (κ3) is 4.71. The molecular weight excluding hydrogens is 406 g/mol. The smallest absolute Gasteiger partial charge is 0.161 e. The number of methoxy groups -OCH3 is 1. The van der Waals surface area contributed by atoms with Gasteiger partial charge in [-0.15, -0.1) is 0 Å². The Bertz CT molecular complexity index is 1300. The number of halogens is 1. The molecule has 31 heavy (non-hydrogen) atoms. The first kappa shape index (κ1) is 20.5. The zero-order valence-electron chi connectivity index (χ0n) is 17.0. The van der Waals surface area contributed by atoms with Crippen LogP contribution in [0.25, 0.3) is 22.4 Å². The SMILES string of the molecule is COc1cc(/C=C(/C#N)c2ccc3ccccc3c2)ccc1OCc1ccccc1Cl. The Morgan fingerprint density at radius 2 is 1.68 bits per heavy atom. The van der Waals surface area contributed by atoms with Gasteiger partial charge in [-0.1, -0.05) is 72.3 Å². The molecule has 0 bridgehead atoms. The van der Waals surface area contributed by atoms with Crippen molar-refractivity contribution in [3.05, 3.63) is 107 Å². The highest BCUT2D eigenvalue weighted by atomic mass is 35.5. The molecule has 0 spiro atoms. The van der Waals surface area contributed by atoms with E-state index in [2.05, 4.69) is 12.1 Å². The van der Waals surface area contributed by atoms with Crippen LogP contribution < -0.4 is 9.47 Å². The normalized spacial score (nSPS) is 11.2. The minimum atomic E-state index is 0.339. The molecular formula is C27H20ClNO2. The van der Waals surface area contributed by atoms with Gasteiger partial charge in [0.2, 0.25) is 0 Å². The van der Waals surface area contributed by atoms with Crippen LogP contribution in [0.3, 0.4) is 0 Å². The summed E-state index contributed by atoms with van der Waals surface area (Å²) < 4.78 is 11.4. The van der Waals surface area contributed by atoms with Gasteiger partial charge >= 0.3 is 0 Å². The zero-order chi connectivity index (χ0) is 21.6. The van der Waals surface area contributed by atoms with Crippen LogP contribution in [0.2, 0.25) is 5.02 Å². The average molecular weight is 426 g/mol. The second kappa shape index (κ2) is 9.38. The van der Waals surface area contributed by atoms with Crippen LogP contribution >= 0.6 is 11.6 Å². The fourth-order valence-corrected chi connectivity index (χ4v) is 3.56. The van der Waals surface area contributed by atoms with Crippen molar-refractivity contribution in [1.82, 2.24) is 0 Å². The quantitative estimate of drug-likeness (QED) is 0.243. The van der Waals surface area contributed by atoms with Crippen molar-refractivity contribution in [2.75, 3.05) is 7.11 Å². The monoisotopic (exact) mass is 425 g/mol. The van der Waals surface area contributed by atoms with Gasteiger partial charge in [0.05, 0.1) is 18.8 Å². The van der Waals surface area contributed by atoms with Crippen LogP contribution in [0.1, 0.15) is 16.7 Å². The number of hydrogen-bond donors (Lipinski definition) is 0. The lowest BCUT2D eigenvalue weighted by Gasteiger charge is -2.12. The first-order valence-electron chi connectivity index (χ1n) is 9.83. The van der Waals surface area contributed by atoms with Gasteiger partial charge in [0.15, 0.2) is 11.5 Å². The number of ether oxygens (including phenoxy) is 2. The highest BCUT2D eigenvalue weighted by molar-refractivity contribution is 6.31. The lowest BCUT2D eigenvalue weighted by molar-refractivity contribution is 0.284. The summed E-state index contributed by atoms with van der Waals surface area (Å²) in [6.45, 7) is 0.339. The molecule has 4 aromatic rings. The molecule has 0 saturated carbocycles. The molecule has 4 heteroatoms. The minimum Gasteiger partial charge on any atom is -0.493 e. The molecule has 0 unspecified atom stereocenters. The molecule has 0 heterocycles. The molecule has 0 aliphatic carbocycles. The summed E-state index contributed by atoms with van der Waals surface area (Å²) in [7, 11) is 1.60. The summed E-state index contributed by atoms with van der Waals surface area (Å²) in [5.74, 6) is 1.21. The molecule has 3 nitrogen and oxygen atoms in total. The summed E-state index contributed by atoms with van der Waals surface area (Å²) >= 11 is 6.21. The molecule has 152 valence electrons. The van der Waals surface area contributed by atoms with Gasteiger partial charge in [0.25, 0.3) is 0 Å². The fraction of sp³-hybridized carbons (Fsp3) is 0.0741. The molecule has 0 atom stereocenters. The van der Waals surface area contributed by atoms with Crippen molar-refractivity contribution in [2.45, 2.75) is 6.61 Å². The molecule has 0 fully saturated rings. The predicted molar refractivity (Wildman–Crippen MR) is 126 cm³/mol. The van der Waals surface area contributed by atoms with E-state index in [-0.39, 0.29) is 0 Å². The van der Waals surface area contributed by atoms with E-state index in [0.29, 0.717) is 28.7 Å². The Morgan fingerprint density at radius 1 is 0.903 bits per heavy atom. The first-order chi connectivity index (χ1) is 15.2. The minimum absolute atomic E-state index is 0.339. The van der Waals surface area contributed by atoms with Crippen LogP contribution in [-0.2, 0) is 6.61 Å². The molecule has 4 rings (SSSR count). The average Bonchev–Trinajstić information content (AvgIpc) is 2.82. The summed E-state index contributed by atoms with van der Waals surface area (Å²) in [5.41, 5.74) is 3.21. The molecule has 0 amide bonds. The number of hydrogen-bond acceptors (Lipinski definition) is 3. The van der Waals surface area contributed by atoms with Crippen molar-refractivity contribution < 1.29 is 9.47 Å². The Hall–Kier alpha value is -3.74. The van der Waals surface area contributed by atoms with Gasteiger partial charge in [0.1, 0.15) is 6.61 Å². The van der Waals surface area contributed by atoms with E-state index in [1.807, 2.05) is 84.9 Å². The largest absolute Gasteiger partial charge is 0.493 e. The van der Waals surface area contributed by atoms with Gasteiger partial charge in [-0.2, -0.15) is 5.26 Å². The number of rotatable bonds is 6. The van der Waals surface area contributed by atoms with Crippen molar-refractivity contribution in [3.63, 3.8) is 0 Å². The van der Waals surface area contributed by atoms with Gasteiger partial charge in [-0.25, -0.2) is 0 Å². The molecule has 0 aliphatic heterocycles. The summed E-state index contributed by atoms with van der Waals surface area (Å²) in [5, 5.41) is 12.6. The first-order valence-corrected chi connectivity index (χ1v) is 10.2. The third-order valence-corrected chi connectivity index (χ3v) is 5.39. The number of fused-ring (bicyclic) bond motifs is 1. The van der Waals surface area contributed by atoms with Crippen LogP contribution in [0.4, 0.5) is 0 Å². The van der Waals surface area contributed by atoms with Gasteiger partial charge in [-0.3, -0.25) is 0 Å². The summed E-state index contributed by atoms with van der Waals surface area (Å²) in [4.78, 5) is 0.